The largest absolute Gasteiger partial charge is 0.380 e. The van der Waals surface area contributed by atoms with Crippen molar-refractivity contribution in [3.8, 4) is 0 Å². The maximum Gasteiger partial charge on any atom is 0.0641 e. The molecule has 2 nitrogen and oxygen atoms in total. The lowest BCUT2D eigenvalue weighted by Crippen LogP contribution is -2.22. The molecule has 0 saturated carbocycles. The average molecular weight is 262 g/mol. The number of alkyl halides is 1. The van der Waals surface area contributed by atoms with Crippen molar-refractivity contribution in [2.45, 2.75) is 12.8 Å². The first-order chi connectivity index (χ1) is 7.69. The minimum atomic E-state index is 0.446. The molecule has 0 bridgehead atoms. The van der Waals surface area contributed by atoms with Crippen LogP contribution < -0.4 is 4.90 Å². The second-order valence-electron chi connectivity index (χ2n) is 3.53. The molecule has 0 radical (unpaired) electrons. The van der Waals surface area contributed by atoms with E-state index in [2.05, 4.69) is 4.90 Å². The van der Waals surface area contributed by atoms with Gasteiger partial charge in [-0.2, -0.15) is 0 Å². The molecular formula is C12H17Cl2NO. The quantitative estimate of drug-likeness (QED) is 0.574. The zero-order valence-electron chi connectivity index (χ0n) is 9.67. The first kappa shape index (κ1) is 13.6. The van der Waals surface area contributed by atoms with Crippen molar-refractivity contribution in [1.82, 2.24) is 0 Å². The number of nitrogens with zero attached hydrogens (tertiary/aromatic N) is 1. The van der Waals surface area contributed by atoms with Crippen LogP contribution in [0.3, 0.4) is 0 Å². The van der Waals surface area contributed by atoms with Crippen LogP contribution in [0.25, 0.3) is 0 Å². The van der Waals surface area contributed by atoms with Crippen LogP contribution in [-0.2, 0) is 10.6 Å². The molecule has 0 aromatic heterocycles. The van der Waals surface area contributed by atoms with Gasteiger partial charge in [-0.25, -0.2) is 0 Å². The third-order valence-corrected chi connectivity index (χ3v) is 3.04. The summed E-state index contributed by atoms with van der Waals surface area (Å²) in [6.45, 7) is 4.32. The van der Waals surface area contributed by atoms with E-state index in [4.69, 9.17) is 27.9 Å². The summed E-state index contributed by atoms with van der Waals surface area (Å²) in [5, 5.41) is 0.718. The number of likely N-dealkylation sites (N-methyl/N-ethyl adjacent to an activating group) is 1. The average Bonchev–Trinajstić information content (AvgIpc) is 2.29. The maximum absolute atomic E-state index is 6.09. The summed E-state index contributed by atoms with van der Waals surface area (Å²) in [6.07, 6.45) is 0. The molecular weight excluding hydrogens is 245 g/mol. The molecule has 90 valence electrons. The minimum Gasteiger partial charge on any atom is -0.380 e. The standard InChI is InChI=1S/C12H17Cl2NO/c1-3-16-7-6-15(2)11-5-4-10(9-13)12(14)8-11/h4-5,8H,3,6-7,9H2,1-2H3. The number of anilines is 1. The Morgan fingerprint density at radius 3 is 2.69 bits per heavy atom. The van der Waals surface area contributed by atoms with Crippen molar-refractivity contribution in [1.29, 1.82) is 0 Å². The Bertz CT molecular complexity index is 331. The number of rotatable bonds is 6. The molecule has 1 rings (SSSR count). The van der Waals surface area contributed by atoms with Crippen LogP contribution in [-0.4, -0.2) is 26.8 Å². The third-order valence-electron chi connectivity index (χ3n) is 2.40. The van der Waals surface area contributed by atoms with E-state index < -0.39 is 0 Å². The van der Waals surface area contributed by atoms with Gasteiger partial charge in [-0.1, -0.05) is 17.7 Å². The van der Waals surface area contributed by atoms with E-state index in [1.54, 1.807) is 0 Å². The summed E-state index contributed by atoms with van der Waals surface area (Å²) in [7, 11) is 2.02. The Kier molecular flexibility index (Phi) is 5.96. The lowest BCUT2D eigenvalue weighted by molar-refractivity contribution is 0.154. The van der Waals surface area contributed by atoms with Gasteiger partial charge in [0.15, 0.2) is 0 Å². The molecule has 0 N–H and O–H groups in total. The molecule has 0 aliphatic rings. The molecule has 0 saturated heterocycles. The number of halogens is 2. The van der Waals surface area contributed by atoms with Crippen LogP contribution in [0.2, 0.25) is 5.02 Å². The van der Waals surface area contributed by atoms with Gasteiger partial charge in [0.2, 0.25) is 0 Å². The highest BCUT2D eigenvalue weighted by molar-refractivity contribution is 6.32. The SMILES string of the molecule is CCOCCN(C)c1ccc(CCl)c(Cl)c1. The van der Waals surface area contributed by atoms with E-state index >= 15 is 0 Å². The molecule has 0 aliphatic carbocycles. The fourth-order valence-corrected chi connectivity index (χ4v) is 1.90. The molecule has 1 aromatic rings. The van der Waals surface area contributed by atoms with Gasteiger partial charge in [-0.3, -0.25) is 0 Å². The van der Waals surface area contributed by atoms with Gasteiger partial charge in [0.1, 0.15) is 0 Å². The maximum atomic E-state index is 6.09. The van der Waals surface area contributed by atoms with Crippen LogP contribution in [0.4, 0.5) is 5.69 Å². The highest BCUT2D eigenvalue weighted by Gasteiger charge is 2.04. The molecule has 4 heteroatoms. The van der Waals surface area contributed by atoms with Crippen molar-refractivity contribution in [2.75, 3.05) is 31.7 Å². The van der Waals surface area contributed by atoms with Gasteiger partial charge in [0, 0.05) is 36.8 Å². The Balaban J connectivity index is 2.62. The molecule has 1 aromatic carbocycles. The third kappa shape index (κ3) is 3.85. The smallest absolute Gasteiger partial charge is 0.0641 e. The van der Waals surface area contributed by atoms with Crippen molar-refractivity contribution >= 4 is 28.9 Å². The zero-order chi connectivity index (χ0) is 12.0. The summed E-state index contributed by atoms with van der Waals surface area (Å²) >= 11 is 11.8. The number of benzene rings is 1. The predicted molar refractivity (Wildman–Crippen MR) is 70.8 cm³/mol. The molecule has 16 heavy (non-hydrogen) atoms. The van der Waals surface area contributed by atoms with Crippen molar-refractivity contribution < 1.29 is 4.74 Å². The Labute approximate surface area is 107 Å². The Morgan fingerprint density at radius 2 is 2.12 bits per heavy atom. The summed E-state index contributed by atoms with van der Waals surface area (Å²) in [4.78, 5) is 2.11. The molecule has 0 amide bonds. The second kappa shape index (κ2) is 7.00. The van der Waals surface area contributed by atoms with E-state index in [1.165, 1.54) is 0 Å². The minimum absolute atomic E-state index is 0.446. The normalized spacial score (nSPS) is 10.5. The second-order valence-corrected chi connectivity index (χ2v) is 4.20. The van der Waals surface area contributed by atoms with Crippen LogP contribution in [0.1, 0.15) is 12.5 Å². The lowest BCUT2D eigenvalue weighted by atomic mass is 10.2. The molecule has 0 unspecified atom stereocenters. The molecule has 0 heterocycles. The predicted octanol–water partition coefficient (Wildman–Crippen LogP) is 3.55. The van der Waals surface area contributed by atoms with Gasteiger partial charge >= 0.3 is 0 Å². The van der Waals surface area contributed by atoms with E-state index in [0.29, 0.717) is 5.88 Å². The van der Waals surface area contributed by atoms with E-state index in [-0.39, 0.29) is 0 Å². The van der Waals surface area contributed by atoms with Crippen molar-refractivity contribution in [3.63, 3.8) is 0 Å². The van der Waals surface area contributed by atoms with Crippen LogP contribution >= 0.6 is 23.2 Å². The van der Waals surface area contributed by atoms with E-state index in [1.807, 2.05) is 32.2 Å². The number of hydrogen-bond donors (Lipinski definition) is 0. The zero-order valence-corrected chi connectivity index (χ0v) is 11.2. The van der Waals surface area contributed by atoms with Gasteiger partial charge in [-0.15, -0.1) is 11.6 Å². The summed E-state index contributed by atoms with van der Waals surface area (Å²) in [5.41, 5.74) is 2.05. The van der Waals surface area contributed by atoms with Gasteiger partial charge in [-0.05, 0) is 24.6 Å². The van der Waals surface area contributed by atoms with E-state index in [0.717, 1.165) is 36.0 Å². The number of hydrogen-bond acceptors (Lipinski definition) is 2. The molecule has 0 aliphatic heterocycles. The topological polar surface area (TPSA) is 12.5 Å². The first-order valence-corrected chi connectivity index (χ1v) is 6.23. The van der Waals surface area contributed by atoms with Gasteiger partial charge in [0.05, 0.1) is 6.61 Å². The lowest BCUT2D eigenvalue weighted by Gasteiger charge is -2.19. The van der Waals surface area contributed by atoms with Gasteiger partial charge in [0.25, 0.3) is 0 Å². The summed E-state index contributed by atoms with van der Waals surface area (Å²) < 4.78 is 5.31. The molecule has 0 spiro atoms. The highest BCUT2D eigenvalue weighted by Crippen LogP contribution is 2.24. The summed E-state index contributed by atoms with van der Waals surface area (Å²) in [6, 6.07) is 5.92. The fourth-order valence-electron chi connectivity index (χ4n) is 1.36. The van der Waals surface area contributed by atoms with E-state index in [9.17, 15) is 0 Å². The Hall–Kier alpha value is -0.440. The monoisotopic (exact) mass is 261 g/mol. The van der Waals surface area contributed by atoms with Gasteiger partial charge < -0.3 is 9.64 Å². The van der Waals surface area contributed by atoms with Crippen LogP contribution in [0.5, 0.6) is 0 Å². The Morgan fingerprint density at radius 1 is 1.38 bits per heavy atom. The highest BCUT2D eigenvalue weighted by atomic mass is 35.5. The van der Waals surface area contributed by atoms with Crippen LogP contribution in [0.15, 0.2) is 18.2 Å². The molecule has 0 fully saturated rings. The molecule has 0 atom stereocenters. The number of ether oxygens (including phenoxy) is 1. The van der Waals surface area contributed by atoms with Crippen LogP contribution in [0, 0.1) is 0 Å². The summed E-state index contributed by atoms with van der Waals surface area (Å²) in [5.74, 6) is 0.446. The van der Waals surface area contributed by atoms with Crippen molar-refractivity contribution in [3.05, 3.63) is 28.8 Å². The first-order valence-electron chi connectivity index (χ1n) is 5.32. The van der Waals surface area contributed by atoms with Crippen molar-refractivity contribution in [2.24, 2.45) is 0 Å². The fraction of sp³-hybridized carbons (Fsp3) is 0.500.